The first-order chi connectivity index (χ1) is 8.24. The van der Waals surface area contributed by atoms with Crippen LogP contribution in [0.4, 0.5) is 0 Å². The molecule has 2 aromatic rings. The zero-order valence-electron chi connectivity index (χ0n) is 9.18. The van der Waals surface area contributed by atoms with Crippen molar-refractivity contribution in [3.8, 4) is 17.0 Å². The summed E-state index contributed by atoms with van der Waals surface area (Å²) in [5.41, 5.74) is 2.03. The summed E-state index contributed by atoms with van der Waals surface area (Å²) in [6, 6.07) is 9.06. The molecule has 1 aromatic heterocycles. The lowest BCUT2D eigenvalue weighted by atomic mass is 10.1. The molecular formula is C13H10ClNO2. The Labute approximate surface area is 104 Å². The van der Waals surface area contributed by atoms with E-state index in [4.69, 9.17) is 16.3 Å². The smallest absolute Gasteiger partial charge is 0.155 e. The van der Waals surface area contributed by atoms with E-state index in [0.29, 0.717) is 22.6 Å². The highest BCUT2D eigenvalue weighted by atomic mass is 35.5. The number of carbonyl (C=O) groups excluding carboxylic acids is 1. The van der Waals surface area contributed by atoms with Gasteiger partial charge in [0.2, 0.25) is 0 Å². The summed E-state index contributed by atoms with van der Waals surface area (Å²) >= 11 is 5.91. The van der Waals surface area contributed by atoms with E-state index in [1.54, 1.807) is 12.1 Å². The lowest BCUT2D eigenvalue weighted by Gasteiger charge is -2.06. The number of hydrogen-bond acceptors (Lipinski definition) is 3. The number of aromatic nitrogens is 1. The van der Waals surface area contributed by atoms with Crippen LogP contribution < -0.4 is 4.74 Å². The molecule has 3 nitrogen and oxygen atoms in total. The van der Waals surface area contributed by atoms with Gasteiger partial charge in [-0.05, 0) is 12.1 Å². The molecule has 0 atom stereocenters. The molecule has 1 aromatic carbocycles. The lowest BCUT2D eigenvalue weighted by Crippen LogP contribution is -1.93. The van der Waals surface area contributed by atoms with Crippen LogP contribution >= 0.6 is 11.6 Å². The first-order valence-electron chi connectivity index (χ1n) is 4.99. The van der Waals surface area contributed by atoms with Gasteiger partial charge in [-0.1, -0.05) is 23.7 Å². The van der Waals surface area contributed by atoms with Crippen LogP contribution in [0.2, 0.25) is 5.02 Å². The SMILES string of the molecule is COc1cc(-c2cccc(Cl)c2)ncc1C=O. The van der Waals surface area contributed by atoms with Crippen molar-refractivity contribution in [2.24, 2.45) is 0 Å². The predicted molar refractivity (Wildman–Crippen MR) is 66.6 cm³/mol. The van der Waals surface area contributed by atoms with E-state index in [-0.39, 0.29) is 0 Å². The molecule has 0 fully saturated rings. The Morgan fingerprint density at radius 1 is 1.35 bits per heavy atom. The first kappa shape index (κ1) is 11.6. The minimum atomic E-state index is 0.429. The fourth-order valence-electron chi connectivity index (χ4n) is 1.52. The van der Waals surface area contributed by atoms with E-state index in [1.165, 1.54) is 13.3 Å². The van der Waals surface area contributed by atoms with E-state index < -0.39 is 0 Å². The quantitative estimate of drug-likeness (QED) is 0.782. The molecule has 0 unspecified atom stereocenters. The molecule has 86 valence electrons. The standard InChI is InChI=1S/C13H10ClNO2/c1-17-13-6-12(15-7-10(13)8-16)9-3-2-4-11(14)5-9/h2-8H,1H3. The minimum absolute atomic E-state index is 0.429. The number of aldehydes is 1. The Morgan fingerprint density at radius 2 is 2.18 bits per heavy atom. The van der Waals surface area contributed by atoms with Crippen LogP contribution in [0.25, 0.3) is 11.3 Å². The molecule has 0 saturated carbocycles. The number of carbonyl (C=O) groups is 1. The molecule has 0 spiro atoms. The van der Waals surface area contributed by atoms with Gasteiger partial charge < -0.3 is 4.74 Å². The van der Waals surface area contributed by atoms with Crippen molar-refractivity contribution in [3.05, 3.63) is 47.1 Å². The van der Waals surface area contributed by atoms with Gasteiger partial charge in [0.25, 0.3) is 0 Å². The number of ether oxygens (including phenoxy) is 1. The molecule has 0 bridgehead atoms. The molecular weight excluding hydrogens is 238 g/mol. The van der Waals surface area contributed by atoms with Gasteiger partial charge in [0.1, 0.15) is 5.75 Å². The summed E-state index contributed by atoms with van der Waals surface area (Å²) < 4.78 is 5.12. The summed E-state index contributed by atoms with van der Waals surface area (Å²) in [7, 11) is 1.52. The zero-order chi connectivity index (χ0) is 12.3. The summed E-state index contributed by atoms with van der Waals surface area (Å²) in [4.78, 5) is 14.9. The van der Waals surface area contributed by atoms with Crippen molar-refractivity contribution in [1.82, 2.24) is 4.98 Å². The molecule has 0 radical (unpaired) electrons. The van der Waals surface area contributed by atoms with Crippen molar-refractivity contribution in [2.45, 2.75) is 0 Å². The Hall–Kier alpha value is -1.87. The van der Waals surface area contributed by atoms with E-state index in [2.05, 4.69) is 4.98 Å². The monoisotopic (exact) mass is 247 g/mol. The second kappa shape index (κ2) is 4.97. The summed E-state index contributed by atoms with van der Waals surface area (Å²) in [6.07, 6.45) is 2.20. The van der Waals surface area contributed by atoms with Crippen molar-refractivity contribution in [2.75, 3.05) is 7.11 Å². The molecule has 0 saturated heterocycles. The van der Waals surface area contributed by atoms with Gasteiger partial charge in [-0.3, -0.25) is 9.78 Å². The van der Waals surface area contributed by atoms with Crippen molar-refractivity contribution in [1.29, 1.82) is 0 Å². The maximum Gasteiger partial charge on any atom is 0.155 e. The number of pyridine rings is 1. The maximum absolute atomic E-state index is 10.7. The number of halogens is 1. The second-order valence-corrected chi connectivity index (χ2v) is 3.88. The van der Waals surface area contributed by atoms with Gasteiger partial charge in [0.05, 0.1) is 18.4 Å². The lowest BCUT2D eigenvalue weighted by molar-refractivity contribution is 0.112. The molecule has 17 heavy (non-hydrogen) atoms. The van der Waals surface area contributed by atoms with Crippen molar-refractivity contribution < 1.29 is 9.53 Å². The number of nitrogens with zero attached hydrogens (tertiary/aromatic N) is 1. The third-order valence-corrected chi connectivity index (χ3v) is 2.60. The molecule has 1 heterocycles. The van der Waals surface area contributed by atoms with E-state index in [0.717, 1.165) is 11.3 Å². The van der Waals surface area contributed by atoms with E-state index >= 15 is 0 Å². The molecule has 4 heteroatoms. The molecule has 0 N–H and O–H groups in total. The van der Waals surface area contributed by atoms with Gasteiger partial charge in [-0.2, -0.15) is 0 Å². The van der Waals surface area contributed by atoms with Crippen LogP contribution in [-0.4, -0.2) is 18.4 Å². The molecule has 0 aliphatic rings. The Morgan fingerprint density at radius 3 is 2.82 bits per heavy atom. The van der Waals surface area contributed by atoms with Crippen LogP contribution in [0.3, 0.4) is 0 Å². The van der Waals surface area contributed by atoms with Crippen molar-refractivity contribution in [3.63, 3.8) is 0 Å². The predicted octanol–water partition coefficient (Wildman–Crippen LogP) is 3.22. The zero-order valence-corrected chi connectivity index (χ0v) is 9.94. The average molecular weight is 248 g/mol. The van der Waals surface area contributed by atoms with Crippen LogP contribution in [-0.2, 0) is 0 Å². The van der Waals surface area contributed by atoms with Crippen LogP contribution in [0.5, 0.6) is 5.75 Å². The Bertz CT molecular complexity index is 555. The van der Waals surface area contributed by atoms with Crippen LogP contribution in [0, 0.1) is 0 Å². The number of methoxy groups -OCH3 is 1. The molecule has 0 amide bonds. The van der Waals surface area contributed by atoms with E-state index in [9.17, 15) is 4.79 Å². The fraction of sp³-hybridized carbons (Fsp3) is 0.0769. The normalized spacial score (nSPS) is 10.0. The van der Waals surface area contributed by atoms with Crippen LogP contribution in [0.1, 0.15) is 10.4 Å². The third kappa shape index (κ3) is 2.45. The highest BCUT2D eigenvalue weighted by Gasteiger charge is 2.06. The van der Waals surface area contributed by atoms with Gasteiger partial charge in [0, 0.05) is 22.8 Å². The van der Waals surface area contributed by atoms with Gasteiger partial charge in [0.15, 0.2) is 6.29 Å². The number of hydrogen-bond donors (Lipinski definition) is 0. The second-order valence-electron chi connectivity index (χ2n) is 3.44. The summed E-state index contributed by atoms with van der Waals surface area (Å²) in [5, 5.41) is 0.641. The largest absolute Gasteiger partial charge is 0.496 e. The maximum atomic E-state index is 10.7. The first-order valence-corrected chi connectivity index (χ1v) is 5.37. The minimum Gasteiger partial charge on any atom is -0.496 e. The van der Waals surface area contributed by atoms with Crippen LogP contribution in [0.15, 0.2) is 36.5 Å². The topological polar surface area (TPSA) is 39.2 Å². The van der Waals surface area contributed by atoms with Gasteiger partial charge >= 0.3 is 0 Å². The Kier molecular flexibility index (Phi) is 3.40. The highest BCUT2D eigenvalue weighted by molar-refractivity contribution is 6.30. The molecule has 0 aliphatic heterocycles. The van der Waals surface area contributed by atoms with Gasteiger partial charge in [-0.25, -0.2) is 0 Å². The number of rotatable bonds is 3. The third-order valence-electron chi connectivity index (χ3n) is 2.36. The number of benzene rings is 1. The highest BCUT2D eigenvalue weighted by Crippen LogP contribution is 2.25. The molecule has 2 rings (SSSR count). The fourth-order valence-corrected chi connectivity index (χ4v) is 1.71. The molecule has 0 aliphatic carbocycles. The van der Waals surface area contributed by atoms with Crippen molar-refractivity contribution >= 4 is 17.9 Å². The summed E-state index contributed by atoms with van der Waals surface area (Å²) in [6.45, 7) is 0. The van der Waals surface area contributed by atoms with Gasteiger partial charge in [-0.15, -0.1) is 0 Å². The van der Waals surface area contributed by atoms with E-state index in [1.807, 2.05) is 18.2 Å². The average Bonchev–Trinajstić information content (AvgIpc) is 2.38. The Balaban J connectivity index is 2.50. The summed E-state index contributed by atoms with van der Waals surface area (Å²) in [5.74, 6) is 0.505.